The monoisotopic (exact) mass is 430 g/mol. The smallest absolute Gasteiger partial charge is 0.255 e. The van der Waals surface area contributed by atoms with Crippen molar-refractivity contribution in [2.45, 2.75) is 18.4 Å². The highest BCUT2D eigenvalue weighted by atomic mass is 35.5. The standard InChI is InChI=1S/C26H23ClN2O2/c1-31-20-12-10-19(11-13-20)28-26(30)17-7-14-24-23(15-17)21-3-2-4-22(21)25(29-24)16-5-8-18(27)9-6-16/h2-3,5-15,21-22,25,29H,4H2,1H3,(H,28,30)/t21-,22-,25-/m1/s1. The number of carbonyl (C=O) groups excluding carboxylic acids is 1. The summed E-state index contributed by atoms with van der Waals surface area (Å²) < 4.78 is 5.17. The zero-order chi connectivity index (χ0) is 21.4. The number of hydrogen-bond acceptors (Lipinski definition) is 3. The van der Waals surface area contributed by atoms with Crippen LogP contribution in [0.15, 0.2) is 78.9 Å². The lowest BCUT2D eigenvalue weighted by Crippen LogP contribution is -2.29. The summed E-state index contributed by atoms with van der Waals surface area (Å²) in [4.78, 5) is 12.9. The molecule has 1 amide bonds. The molecule has 1 aliphatic heterocycles. The normalized spacial score (nSPS) is 21.0. The van der Waals surface area contributed by atoms with E-state index >= 15 is 0 Å². The van der Waals surface area contributed by atoms with Crippen molar-refractivity contribution in [2.75, 3.05) is 17.7 Å². The number of carbonyl (C=O) groups is 1. The van der Waals surface area contributed by atoms with Crippen LogP contribution in [0.5, 0.6) is 5.75 Å². The van der Waals surface area contributed by atoms with Crippen LogP contribution in [0.4, 0.5) is 11.4 Å². The fraction of sp³-hybridized carbons (Fsp3) is 0.192. The largest absolute Gasteiger partial charge is 0.497 e. The molecule has 2 N–H and O–H groups in total. The Morgan fingerprint density at radius 3 is 2.58 bits per heavy atom. The number of anilines is 2. The maximum absolute atomic E-state index is 12.9. The minimum absolute atomic E-state index is 0.119. The van der Waals surface area contributed by atoms with Gasteiger partial charge in [-0.05, 0) is 78.1 Å². The van der Waals surface area contributed by atoms with Gasteiger partial charge in [0.1, 0.15) is 5.75 Å². The van der Waals surface area contributed by atoms with E-state index in [1.54, 1.807) is 7.11 Å². The number of benzene rings is 3. The van der Waals surface area contributed by atoms with Gasteiger partial charge in [0.05, 0.1) is 13.2 Å². The lowest BCUT2D eigenvalue weighted by molar-refractivity contribution is 0.102. The number of allylic oxidation sites excluding steroid dienone is 2. The van der Waals surface area contributed by atoms with Crippen LogP contribution < -0.4 is 15.4 Å². The van der Waals surface area contributed by atoms with Gasteiger partial charge in [-0.2, -0.15) is 0 Å². The maximum Gasteiger partial charge on any atom is 0.255 e. The second-order valence-corrected chi connectivity index (χ2v) is 8.45. The first-order valence-electron chi connectivity index (χ1n) is 10.4. The SMILES string of the molecule is COc1ccc(NC(=O)c2ccc3c(c2)[C@@H]2C=CC[C@H]2[C@@H](c2ccc(Cl)cc2)N3)cc1. The molecule has 3 aromatic rings. The molecule has 0 unspecified atom stereocenters. The molecular formula is C26H23ClN2O2. The van der Waals surface area contributed by atoms with Crippen molar-refractivity contribution in [2.24, 2.45) is 5.92 Å². The molecule has 0 bridgehead atoms. The molecule has 2 aliphatic rings. The Labute approximate surface area is 186 Å². The molecule has 1 aliphatic carbocycles. The molecule has 3 atom stereocenters. The molecule has 0 radical (unpaired) electrons. The van der Waals surface area contributed by atoms with Crippen LogP contribution in [0.3, 0.4) is 0 Å². The zero-order valence-corrected chi connectivity index (χ0v) is 17.9. The van der Waals surface area contributed by atoms with Gasteiger partial charge in [0.25, 0.3) is 5.91 Å². The Kier molecular flexibility index (Phi) is 5.16. The molecule has 5 rings (SSSR count). The van der Waals surface area contributed by atoms with E-state index in [9.17, 15) is 4.79 Å². The fourth-order valence-corrected chi connectivity index (χ4v) is 4.74. The van der Waals surface area contributed by atoms with Crippen molar-refractivity contribution < 1.29 is 9.53 Å². The van der Waals surface area contributed by atoms with Gasteiger partial charge in [0, 0.05) is 27.9 Å². The van der Waals surface area contributed by atoms with Gasteiger partial charge in [-0.1, -0.05) is 35.9 Å². The molecule has 0 fully saturated rings. The molecule has 0 saturated heterocycles. The first-order valence-corrected chi connectivity index (χ1v) is 10.8. The summed E-state index contributed by atoms with van der Waals surface area (Å²) in [6, 6.07) is 21.5. The highest BCUT2D eigenvalue weighted by molar-refractivity contribution is 6.30. The summed E-state index contributed by atoms with van der Waals surface area (Å²) in [7, 11) is 1.62. The number of halogens is 1. The van der Waals surface area contributed by atoms with Crippen LogP contribution in [0.25, 0.3) is 0 Å². The highest BCUT2D eigenvalue weighted by Gasteiger charge is 2.38. The predicted molar refractivity (Wildman–Crippen MR) is 125 cm³/mol. The molecule has 0 saturated carbocycles. The summed E-state index contributed by atoms with van der Waals surface area (Å²) in [6.45, 7) is 0. The molecule has 1 heterocycles. The van der Waals surface area contributed by atoms with E-state index in [1.165, 1.54) is 11.1 Å². The Bertz CT molecular complexity index is 1140. The molecule has 0 spiro atoms. The average molecular weight is 431 g/mol. The summed E-state index contributed by atoms with van der Waals surface area (Å²) >= 11 is 6.09. The Morgan fingerprint density at radius 2 is 1.84 bits per heavy atom. The first-order chi connectivity index (χ1) is 15.1. The summed E-state index contributed by atoms with van der Waals surface area (Å²) in [5.41, 5.74) is 4.87. The highest BCUT2D eigenvalue weighted by Crippen LogP contribution is 2.50. The molecule has 5 heteroatoms. The number of methoxy groups -OCH3 is 1. The second kappa shape index (κ2) is 8.12. The van der Waals surface area contributed by atoms with Crippen LogP contribution >= 0.6 is 11.6 Å². The number of rotatable bonds is 4. The number of fused-ring (bicyclic) bond motifs is 3. The van der Waals surface area contributed by atoms with Gasteiger partial charge in [-0.25, -0.2) is 0 Å². The molecule has 4 nitrogen and oxygen atoms in total. The molecule has 156 valence electrons. The van der Waals surface area contributed by atoms with E-state index in [0.717, 1.165) is 28.6 Å². The van der Waals surface area contributed by atoms with Crippen molar-refractivity contribution in [3.63, 3.8) is 0 Å². The molecule has 3 aromatic carbocycles. The maximum atomic E-state index is 12.9. The van der Waals surface area contributed by atoms with Crippen molar-refractivity contribution in [3.05, 3.63) is 101 Å². The number of nitrogens with one attached hydrogen (secondary N) is 2. The first kappa shape index (κ1) is 19.7. The molecular weight excluding hydrogens is 408 g/mol. The fourth-order valence-electron chi connectivity index (χ4n) is 4.61. The van der Waals surface area contributed by atoms with Crippen LogP contribution in [0.2, 0.25) is 5.02 Å². The predicted octanol–water partition coefficient (Wildman–Crippen LogP) is 6.43. The van der Waals surface area contributed by atoms with Gasteiger partial charge >= 0.3 is 0 Å². The van der Waals surface area contributed by atoms with Gasteiger partial charge in [0.2, 0.25) is 0 Å². The van der Waals surface area contributed by atoms with Crippen LogP contribution in [-0.2, 0) is 0 Å². The summed E-state index contributed by atoms with van der Waals surface area (Å²) in [5.74, 6) is 1.33. The van der Waals surface area contributed by atoms with Crippen LogP contribution in [0.1, 0.15) is 39.9 Å². The van der Waals surface area contributed by atoms with Crippen molar-refractivity contribution >= 4 is 28.9 Å². The third kappa shape index (κ3) is 3.79. The van der Waals surface area contributed by atoms with Crippen molar-refractivity contribution in [1.29, 1.82) is 0 Å². The van der Waals surface area contributed by atoms with Gasteiger partial charge in [-0.15, -0.1) is 0 Å². The lowest BCUT2D eigenvalue weighted by atomic mass is 9.76. The van der Waals surface area contributed by atoms with Crippen LogP contribution in [0, 0.1) is 5.92 Å². The number of amides is 1. The quantitative estimate of drug-likeness (QED) is 0.469. The third-order valence-electron chi connectivity index (χ3n) is 6.20. The third-order valence-corrected chi connectivity index (χ3v) is 6.45. The Balaban J connectivity index is 1.41. The number of hydrogen-bond donors (Lipinski definition) is 2. The minimum atomic E-state index is -0.119. The minimum Gasteiger partial charge on any atom is -0.497 e. The van der Waals surface area contributed by atoms with Gasteiger partial charge in [0.15, 0.2) is 0 Å². The van der Waals surface area contributed by atoms with E-state index in [4.69, 9.17) is 16.3 Å². The number of ether oxygens (including phenoxy) is 1. The summed E-state index contributed by atoms with van der Waals surface area (Å²) in [6.07, 6.45) is 5.53. The second-order valence-electron chi connectivity index (χ2n) is 8.01. The van der Waals surface area contributed by atoms with Gasteiger partial charge in [-0.3, -0.25) is 4.79 Å². The van der Waals surface area contributed by atoms with E-state index < -0.39 is 0 Å². The van der Waals surface area contributed by atoms with Gasteiger partial charge < -0.3 is 15.4 Å². The topological polar surface area (TPSA) is 50.4 Å². The van der Waals surface area contributed by atoms with E-state index in [1.807, 2.05) is 54.6 Å². The Morgan fingerprint density at radius 1 is 1.06 bits per heavy atom. The molecule has 31 heavy (non-hydrogen) atoms. The van der Waals surface area contributed by atoms with E-state index in [0.29, 0.717) is 11.5 Å². The van der Waals surface area contributed by atoms with Crippen LogP contribution in [-0.4, -0.2) is 13.0 Å². The van der Waals surface area contributed by atoms with Crippen molar-refractivity contribution in [3.8, 4) is 5.75 Å². The molecule has 0 aromatic heterocycles. The average Bonchev–Trinajstić information content (AvgIpc) is 3.30. The van der Waals surface area contributed by atoms with Crippen molar-refractivity contribution in [1.82, 2.24) is 0 Å². The Hall–Kier alpha value is -3.24. The van der Waals surface area contributed by atoms with E-state index in [2.05, 4.69) is 34.9 Å². The van der Waals surface area contributed by atoms with E-state index in [-0.39, 0.29) is 17.9 Å². The summed E-state index contributed by atoms with van der Waals surface area (Å²) in [5, 5.41) is 7.42. The zero-order valence-electron chi connectivity index (χ0n) is 17.1. The lowest BCUT2D eigenvalue weighted by Gasteiger charge is -2.37.